The van der Waals surface area contributed by atoms with E-state index in [0.717, 1.165) is 26.4 Å². The molecule has 178 valence electrons. The Balaban J connectivity index is 1.24. The standard InChI is InChI=1S/C27H22FNO5S/c1-14-29-21-11-16(3-9-25(21)35-14)33-22-8-6-20(28)27-19(22)5-7-23(27)34-17-2-4-18-15(10-26(30)31)13-32-24(18)12-17/h2-4,6,8-9,11-12,15,23H,5,7,10,13H2,1H3,(H,30,31)/t15?,23-/m1/s1. The third-order valence-electron chi connectivity index (χ3n) is 6.50. The number of carboxylic acids is 1. The minimum Gasteiger partial charge on any atom is -0.492 e. The van der Waals surface area contributed by atoms with Gasteiger partial charge in [0, 0.05) is 34.7 Å². The van der Waals surface area contributed by atoms with Gasteiger partial charge in [0.2, 0.25) is 0 Å². The lowest BCUT2D eigenvalue weighted by Crippen LogP contribution is -2.07. The van der Waals surface area contributed by atoms with Gasteiger partial charge in [-0.1, -0.05) is 6.07 Å². The summed E-state index contributed by atoms with van der Waals surface area (Å²) in [7, 11) is 0. The van der Waals surface area contributed by atoms with Gasteiger partial charge in [-0.05, 0) is 50.1 Å². The van der Waals surface area contributed by atoms with Crippen molar-refractivity contribution in [2.45, 2.75) is 38.2 Å². The number of ether oxygens (including phenoxy) is 3. The van der Waals surface area contributed by atoms with Crippen molar-refractivity contribution in [3.05, 3.63) is 76.0 Å². The first-order valence-electron chi connectivity index (χ1n) is 11.5. The van der Waals surface area contributed by atoms with E-state index in [0.29, 0.717) is 48.0 Å². The summed E-state index contributed by atoms with van der Waals surface area (Å²) in [5.74, 6) is 1.11. The van der Waals surface area contributed by atoms with Gasteiger partial charge in [-0.2, -0.15) is 0 Å². The molecule has 6 rings (SSSR count). The number of carboxylic acid groups (broad SMARTS) is 1. The summed E-state index contributed by atoms with van der Waals surface area (Å²) in [6, 6.07) is 14.3. The third kappa shape index (κ3) is 4.08. The molecule has 2 heterocycles. The monoisotopic (exact) mass is 491 g/mol. The second-order valence-corrected chi connectivity index (χ2v) is 10.1. The summed E-state index contributed by atoms with van der Waals surface area (Å²) < 4.78 is 34.1. The number of fused-ring (bicyclic) bond motifs is 3. The average molecular weight is 492 g/mol. The first kappa shape index (κ1) is 21.9. The minimum absolute atomic E-state index is 0.0200. The molecule has 6 nitrogen and oxygen atoms in total. The Morgan fingerprint density at radius 3 is 2.91 bits per heavy atom. The second-order valence-electron chi connectivity index (χ2n) is 8.85. The third-order valence-corrected chi connectivity index (χ3v) is 7.45. The van der Waals surface area contributed by atoms with Crippen LogP contribution in [-0.2, 0) is 11.2 Å². The summed E-state index contributed by atoms with van der Waals surface area (Å²) in [6.45, 7) is 2.30. The lowest BCUT2D eigenvalue weighted by atomic mass is 9.98. The highest BCUT2D eigenvalue weighted by Gasteiger charge is 2.32. The smallest absolute Gasteiger partial charge is 0.304 e. The molecule has 0 radical (unpaired) electrons. The molecule has 0 amide bonds. The molecule has 1 aromatic heterocycles. The molecule has 8 heteroatoms. The highest BCUT2D eigenvalue weighted by atomic mass is 32.1. The largest absolute Gasteiger partial charge is 0.492 e. The van der Waals surface area contributed by atoms with E-state index in [1.165, 1.54) is 6.07 Å². The van der Waals surface area contributed by atoms with Crippen LogP contribution in [0.5, 0.6) is 23.0 Å². The van der Waals surface area contributed by atoms with E-state index in [1.807, 2.05) is 31.2 Å². The maximum Gasteiger partial charge on any atom is 0.304 e. The van der Waals surface area contributed by atoms with Crippen LogP contribution in [-0.4, -0.2) is 22.7 Å². The molecule has 1 unspecified atom stereocenters. The average Bonchev–Trinajstić information content (AvgIpc) is 3.52. The lowest BCUT2D eigenvalue weighted by molar-refractivity contribution is -0.137. The normalized spacial score (nSPS) is 18.2. The Hall–Kier alpha value is -3.65. The van der Waals surface area contributed by atoms with Crippen LogP contribution in [0, 0.1) is 12.7 Å². The van der Waals surface area contributed by atoms with Crippen LogP contribution in [0.15, 0.2) is 48.5 Å². The highest BCUT2D eigenvalue weighted by Crippen LogP contribution is 2.44. The van der Waals surface area contributed by atoms with E-state index >= 15 is 0 Å². The molecule has 3 aromatic carbocycles. The summed E-state index contributed by atoms with van der Waals surface area (Å²) in [6.07, 6.45) is 0.821. The van der Waals surface area contributed by atoms with Crippen molar-refractivity contribution in [1.29, 1.82) is 0 Å². The van der Waals surface area contributed by atoms with Crippen LogP contribution in [0.2, 0.25) is 0 Å². The van der Waals surface area contributed by atoms with Crippen LogP contribution in [0.3, 0.4) is 0 Å². The number of nitrogens with zero attached hydrogens (tertiary/aromatic N) is 1. The van der Waals surface area contributed by atoms with E-state index in [4.69, 9.17) is 19.3 Å². The maximum atomic E-state index is 14.9. The van der Waals surface area contributed by atoms with E-state index < -0.39 is 12.1 Å². The zero-order valence-corrected chi connectivity index (χ0v) is 19.7. The number of aryl methyl sites for hydroxylation is 1. The first-order valence-corrected chi connectivity index (χ1v) is 12.3. The fraction of sp³-hybridized carbons (Fsp3) is 0.259. The Bertz CT molecular complexity index is 1470. The van der Waals surface area contributed by atoms with Gasteiger partial charge in [-0.15, -0.1) is 11.3 Å². The number of halogens is 1. The van der Waals surface area contributed by atoms with Crippen LogP contribution in [0.25, 0.3) is 10.2 Å². The van der Waals surface area contributed by atoms with Gasteiger partial charge in [-0.25, -0.2) is 9.37 Å². The number of hydrogen-bond acceptors (Lipinski definition) is 6. The molecular weight excluding hydrogens is 469 g/mol. The van der Waals surface area contributed by atoms with Crippen molar-refractivity contribution in [3.8, 4) is 23.0 Å². The number of rotatable bonds is 6. The molecule has 0 bridgehead atoms. The molecular formula is C27H22FNO5S. The first-order chi connectivity index (χ1) is 16.9. The predicted octanol–water partition coefficient (Wildman–Crippen LogP) is 6.55. The lowest BCUT2D eigenvalue weighted by Gasteiger charge is -2.17. The van der Waals surface area contributed by atoms with Crippen LogP contribution in [0.1, 0.15) is 46.6 Å². The predicted molar refractivity (Wildman–Crippen MR) is 129 cm³/mol. The molecule has 0 fully saturated rings. The molecule has 1 aliphatic heterocycles. The number of aromatic nitrogens is 1. The molecule has 1 N–H and O–H groups in total. The van der Waals surface area contributed by atoms with Crippen molar-refractivity contribution in [2.24, 2.45) is 0 Å². The minimum atomic E-state index is -0.857. The van der Waals surface area contributed by atoms with Crippen molar-refractivity contribution >= 4 is 27.5 Å². The summed E-state index contributed by atoms with van der Waals surface area (Å²) in [5, 5.41) is 10.1. The van der Waals surface area contributed by atoms with Crippen LogP contribution < -0.4 is 14.2 Å². The zero-order chi connectivity index (χ0) is 24.1. The summed E-state index contributed by atoms with van der Waals surface area (Å²) >= 11 is 1.63. The fourth-order valence-electron chi connectivity index (χ4n) is 4.94. The quantitative estimate of drug-likeness (QED) is 0.329. The van der Waals surface area contributed by atoms with E-state index in [9.17, 15) is 9.18 Å². The number of carbonyl (C=O) groups is 1. The maximum absolute atomic E-state index is 14.9. The molecule has 1 aliphatic carbocycles. The van der Waals surface area contributed by atoms with Gasteiger partial charge in [0.15, 0.2) is 0 Å². The number of hydrogen-bond donors (Lipinski definition) is 1. The van der Waals surface area contributed by atoms with E-state index in [1.54, 1.807) is 29.5 Å². The number of benzene rings is 3. The topological polar surface area (TPSA) is 77.9 Å². The van der Waals surface area contributed by atoms with Crippen molar-refractivity contribution < 1.29 is 28.5 Å². The van der Waals surface area contributed by atoms with E-state index in [2.05, 4.69) is 4.98 Å². The molecule has 4 aromatic rings. The Kier molecular flexibility index (Phi) is 5.33. The Morgan fingerprint density at radius 1 is 1.20 bits per heavy atom. The fourth-order valence-corrected chi connectivity index (χ4v) is 5.75. The van der Waals surface area contributed by atoms with Gasteiger partial charge in [0.05, 0.1) is 28.3 Å². The highest BCUT2D eigenvalue weighted by molar-refractivity contribution is 7.18. The van der Waals surface area contributed by atoms with Crippen molar-refractivity contribution in [3.63, 3.8) is 0 Å². The molecule has 0 saturated heterocycles. The van der Waals surface area contributed by atoms with Gasteiger partial charge < -0.3 is 19.3 Å². The van der Waals surface area contributed by atoms with Crippen LogP contribution in [0.4, 0.5) is 4.39 Å². The molecule has 2 atom stereocenters. The van der Waals surface area contributed by atoms with E-state index in [-0.39, 0.29) is 18.2 Å². The molecule has 0 saturated carbocycles. The molecule has 0 spiro atoms. The SMILES string of the molecule is Cc1nc2cc(Oc3ccc(F)c4c3CC[C@H]4Oc3ccc4c(c3)OCC4CC(=O)O)ccc2s1. The Morgan fingerprint density at radius 2 is 2.06 bits per heavy atom. The van der Waals surface area contributed by atoms with Gasteiger partial charge in [0.25, 0.3) is 0 Å². The van der Waals surface area contributed by atoms with Gasteiger partial charge in [-0.3, -0.25) is 4.79 Å². The second kappa shape index (κ2) is 8.53. The van der Waals surface area contributed by atoms with Crippen molar-refractivity contribution in [1.82, 2.24) is 4.98 Å². The summed E-state index contributed by atoms with van der Waals surface area (Å²) in [5.41, 5.74) is 3.07. The van der Waals surface area contributed by atoms with Gasteiger partial charge >= 0.3 is 5.97 Å². The van der Waals surface area contributed by atoms with Gasteiger partial charge in [0.1, 0.15) is 34.9 Å². The molecule has 35 heavy (non-hydrogen) atoms. The zero-order valence-electron chi connectivity index (χ0n) is 18.9. The molecule has 2 aliphatic rings. The van der Waals surface area contributed by atoms with Crippen molar-refractivity contribution in [2.75, 3.05) is 6.61 Å². The number of thiazole rings is 1. The number of aliphatic carboxylic acids is 1. The summed E-state index contributed by atoms with van der Waals surface area (Å²) in [4.78, 5) is 15.6. The Labute approximate surface area is 204 Å². The van der Waals surface area contributed by atoms with Crippen LogP contribution >= 0.6 is 11.3 Å².